The second kappa shape index (κ2) is 5.36. The van der Waals surface area contributed by atoms with Crippen molar-refractivity contribution in [2.45, 2.75) is 31.8 Å². The van der Waals surface area contributed by atoms with Crippen molar-refractivity contribution in [1.29, 1.82) is 5.26 Å². The average molecular weight is 310 g/mol. The molecular formula is C17H18N4O2. The van der Waals surface area contributed by atoms with Gasteiger partial charge in [-0.3, -0.25) is 14.7 Å². The van der Waals surface area contributed by atoms with Gasteiger partial charge in [0.1, 0.15) is 17.3 Å². The molecular weight excluding hydrogens is 292 g/mol. The molecule has 3 fully saturated rings. The van der Waals surface area contributed by atoms with Crippen molar-refractivity contribution < 1.29 is 9.21 Å². The lowest BCUT2D eigenvalue weighted by molar-refractivity contribution is 0.0216. The van der Waals surface area contributed by atoms with Crippen molar-refractivity contribution in [2.24, 2.45) is 5.92 Å². The van der Waals surface area contributed by atoms with E-state index in [1.807, 2.05) is 6.07 Å². The molecule has 23 heavy (non-hydrogen) atoms. The first kappa shape index (κ1) is 14.2. The Morgan fingerprint density at radius 2 is 2.22 bits per heavy atom. The molecule has 0 radical (unpaired) electrons. The predicted molar refractivity (Wildman–Crippen MR) is 83.7 cm³/mol. The summed E-state index contributed by atoms with van der Waals surface area (Å²) in [6.45, 7) is 4.44. The largest absolute Gasteiger partial charge is 0.445 e. The van der Waals surface area contributed by atoms with E-state index in [0.717, 1.165) is 31.3 Å². The number of furan rings is 1. The van der Waals surface area contributed by atoms with Crippen LogP contribution in [0, 0.1) is 17.2 Å². The second-order valence-corrected chi connectivity index (χ2v) is 6.44. The van der Waals surface area contributed by atoms with Crippen LogP contribution in [0.4, 0.5) is 0 Å². The highest BCUT2D eigenvalue weighted by atomic mass is 16.3. The number of amides is 1. The number of nitrogens with zero attached hydrogens (tertiary/aromatic N) is 3. The number of fused-ring (bicyclic) bond motifs is 4. The van der Waals surface area contributed by atoms with Crippen LogP contribution in [0.3, 0.4) is 0 Å². The van der Waals surface area contributed by atoms with Crippen LogP contribution in [0.25, 0.3) is 11.0 Å². The van der Waals surface area contributed by atoms with Gasteiger partial charge < -0.3 is 9.73 Å². The number of piperidine rings is 3. The van der Waals surface area contributed by atoms with Crippen LogP contribution in [0.2, 0.25) is 0 Å². The molecule has 6 nitrogen and oxygen atoms in total. The maximum absolute atomic E-state index is 12.6. The molecule has 6 heteroatoms. The normalized spacial score (nSPS) is 29.4. The van der Waals surface area contributed by atoms with Gasteiger partial charge in [-0.1, -0.05) is 0 Å². The fourth-order valence-corrected chi connectivity index (χ4v) is 3.88. The number of nitrogens with one attached hydrogen (secondary N) is 1. The summed E-state index contributed by atoms with van der Waals surface area (Å²) in [5.41, 5.74) is 0.851. The summed E-state index contributed by atoms with van der Waals surface area (Å²) in [6, 6.07) is 5.73. The van der Waals surface area contributed by atoms with E-state index in [1.165, 1.54) is 0 Å². The molecule has 1 amide bonds. The Balaban J connectivity index is 1.56. The second-order valence-electron chi connectivity index (χ2n) is 6.44. The fraction of sp³-hybridized carbons (Fsp3) is 0.471. The maximum Gasteiger partial charge on any atom is 0.270 e. The van der Waals surface area contributed by atoms with Crippen molar-refractivity contribution in [3.05, 3.63) is 29.8 Å². The van der Waals surface area contributed by atoms with E-state index in [1.54, 1.807) is 18.3 Å². The molecule has 3 aliphatic heterocycles. The highest BCUT2D eigenvalue weighted by Gasteiger charge is 2.40. The minimum atomic E-state index is -0.174. The minimum absolute atomic E-state index is 0.174. The van der Waals surface area contributed by atoms with Crippen molar-refractivity contribution in [3.63, 3.8) is 0 Å². The Morgan fingerprint density at radius 3 is 2.91 bits per heavy atom. The van der Waals surface area contributed by atoms with Crippen LogP contribution in [0.5, 0.6) is 0 Å². The Hall–Kier alpha value is -2.39. The zero-order valence-electron chi connectivity index (χ0n) is 13.0. The zero-order chi connectivity index (χ0) is 16.0. The smallest absolute Gasteiger partial charge is 0.270 e. The number of pyridine rings is 1. The molecule has 5 rings (SSSR count). The summed E-state index contributed by atoms with van der Waals surface area (Å²) in [4.78, 5) is 19.2. The summed E-state index contributed by atoms with van der Waals surface area (Å²) < 4.78 is 5.38. The lowest BCUT2D eigenvalue weighted by atomic mass is 9.79. The number of hydrogen-bond acceptors (Lipinski definition) is 5. The van der Waals surface area contributed by atoms with Crippen molar-refractivity contribution in [1.82, 2.24) is 15.2 Å². The Labute approximate surface area is 134 Å². The van der Waals surface area contributed by atoms with Crippen molar-refractivity contribution in [2.75, 3.05) is 13.1 Å². The van der Waals surface area contributed by atoms with E-state index in [-0.39, 0.29) is 17.7 Å². The van der Waals surface area contributed by atoms with Gasteiger partial charge in [0.05, 0.1) is 0 Å². The topological polar surface area (TPSA) is 82.2 Å². The maximum atomic E-state index is 12.6. The molecule has 0 spiro atoms. The summed E-state index contributed by atoms with van der Waals surface area (Å²) >= 11 is 0. The van der Waals surface area contributed by atoms with Gasteiger partial charge in [0.2, 0.25) is 5.76 Å². The summed E-state index contributed by atoms with van der Waals surface area (Å²) in [5, 5.41) is 12.8. The van der Waals surface area contributed by atoms with Gasteiger partial charge in [-0.05, 0) is 38.8 Å². The fourth-order valence-electron chi connectivity index (χ4n) is 3.88. The Bertz CT molecular complexity index is 797. The number of carbonyl (C=O) groups excluding carboxylic acids is 1. The average Bonchev–Trinajstić information content (AvgIpc) is 3.00. The van der Waals surface area contributed by atoms with Gasteiger partial charge in [0, 0.05) is 35.8 Å². The molecule has 0 aliphatic carbocycles. The molecule has 5 heterocycles. The van der Waals surface area contributed by atoms with Crippen LogP contribution in [-0.4, -0.2) is 41.0 Å². The predicted octanol–water partition coefficient (Wildman–Crippen LogP) is 1.91. The standard InChI is InChI=1S/C17H18N4O2/c1-10-16(11-2-4-21(10)5-3-11)20-17(22)14-7-15-12(9-19-14)6-13(8-18)23-15/h6-7,9-11,16H,2-5H2,1H3,(H,20,22)/t10-,16-/m0/s1. The van der Waals surface area contributed by atoms with E-state index < -0.39 is 0 Å². The molecule has 2 bridgehead atoms. The van der Waals surface area contributed by atoms with Crippen LogP contribution >= 0.6 is 0 Å². The first-order chi connectivity index (χ1) is 11.2. The quantitative estimate of drug-likeness (QED) is 0.916. The van der Waals surface area contributed by atoms with Gasteiger partial charge in [0.25, 0.3) is 5.91 Å². The van der Waals surface area contributed by atoms with Crippen LogP contribution in [0.15, 0.2) is 22.7 Å². The highest BCUT2D eigenvalue weighted by molar-refractivity contribution is 5.95. The minimum Gasteiger partial charge on any atom is -0.445 e. The van der Waals surface area contributed by atoms with Crippen molar-refractivity contribution >= 4 is 16.9 Å². The first-order valence-electron chi connectivity index (χ1n) is 8.00. The van der Waals surface area contributed by atoms with E-state index in [2.05, 4.69) is 22.1 Å². The molecule has 2 atom stereocenters. The zero-order valence-corrected chi connectivity index (χ0v) is 13.0. The van der Waals surface area contributed by atoms with Crippen LogP contribution < -0.4 is 5.32 Å². The van der Waals surface area contributed by atoms with Crippen LogP contribution in [-0.2, 0) is 0 Å². The lowest BCUT2D eigenvalue weighted by Crippen LogP contribution is -2.62. The molecule has 2 aromatic rings. The SMILES string of the molecule is C[C@H]1[C@H](NC(=O)c2cc3oc(C#N)cc3cn2)C2CCN1CC2. The number of aromatic nitrogens is 1. The molecule has 2 aromatic heterocycles. The number of rotatable bonds is 2. The molecule has 118 valence electrons. The lowest BCUT2D eigenvalue weighted by Gasteiger charge is -2.49. The molecule has 0 unspecified atom stereocenters. The van der Waals surface area contributed by atoms with E-state index in [9.17, 15) is 4.79 Å². The van der Waals surface area contributed by atoms with Gasteiger partial charge in [0.15, 0.2) is 0 Å². The number of nitriles is 1. The highest BCUT2D eigenvalue weighted by Crippen LogP contribution is 2.32. The van der Waals surface area contributed by atoms with Gasteiger partial charge in [-0.2, -0.15) is 5.26 Å². The summed E-state index contributed by atoms with van der Waals surface area (Å²) in [6.07, 6.45) is 3.87. The van der Waals surface area contributed by atoms with Gasteiger partial charge >= 0.3 is 0 Å². The van der Waals surface area contributed by atoms with Gasteiger partial charge in [-0.25, -0.2) is 0 Å². The first-order valence-corrected chi connectivity index (χ1v) is 8.00. The van der Waals surface area contributed by atoms with E-state index >= 15 is 0 Å². The monoisotopic (exact) mass is 310 g/mol. The molecule has 3 aliphatic rings. The molecule has 0 saturated carbocycles. The molecule has 3 saturated heterocycles. The Morgan fingerprint density at radius 1 is 1.43 bits per heavy atom. The van der Waals surface area contributed by atoms with Crippen LogP contribution in [0.1, 0.15) is 36.0 Å². The third-order valence-corrected chi connectivity index (χ3v) is 5.22. The molecule has 0 aromatic carbocycles. The summed E-state index contributed by atoms with van der Waals surface area (Å²) in [7, 11) is 0. The van der Waals surface area contributed by atoms with Gasteiger partial charge in [-0.15, -0.1) is 0 Å². The van der Waals surface area contributed by atoms with Crippen molar-refractivity contribution in [3.8, 4) is 6.07 Å². The number of carbonyl (C=O) groups is 1. The van der Waals surface area contributed by atoms with E-state index in [0.29, 0.717) is 23.2 Å². The number of hydrogen-bond donors (Lipinski definition) is 1. The molecule has 1 N–H and O–H groups in total. The summed E-state index contributed by atoms with van der Waals surface area (Å²) in [5.74, 6) is 0.606. The third-order valence-electron chi connectivity index (χ3n) is 5.22. The Kier molecular flexibility index (Phi) is 3.31. The van der Waals surface area contributed by atoms with E-state index in [4.69, 9.17) is 9.68 Å². The third kappa shape index (κ3) is 2.37.